The summed E-state index contributed by atoms with van der Waals surface area (Å²) in [5.41, 5.74) is 8.96. The van der Waals surface area contributed by atoms with E-state index in [2.05, 4.69) is 17.3 Å². The maximum atomic E-state index is 5.98. The van der Waals surface area contributed by atoms with E-state index in [-0.39, 0.29) is 0 Å². The lowest BCUT2D eigenvalue weighted by atomic mass is 10.2. The summed E-state index contributed by atoms with van der Waals surface area (Å²) in [5.74, 6) is 0. The van der Waals surface area contributed by atoms with Crippen molar-refractivity contribution in [2.45, 2.75) is 6.92 Å². The Bertz CT molecular complexity index is 341. The number of anilines is 2. The third-order valence-corrected chi connectivity index (χ3v) is 2.81. The van der Waals surface area contributed by atoms with Gasteiger partial charge in [0.1, 0.15) is 0 Å². The van der Waals surface area contributed by atoms with Gasteiger partial charge in [-0.25, -0.2) is 0 Å². The van der Waals surface area contributed by atoms with Gasteiger partial charge in [-0.05, 0) is 25.6 Å². The molecule has 0 unspecified atom stereocenters. The fourth-order valence-corrected chi connectivity index (χ4v) is 1.58. The molecule has 0 aliphatic heterocycles. The summed E-state index contributed by atoms with van der Waals surface area (Å²) in [7, 11) is 3.81. The molecule has 0 radical (unpaired) electrons. The molecule has 0 fully saturated rings. The van der Waals surface area contributed by atoms with Crippen molar-refractivity contribution in [3.8, 4) is 0 Å². The molecule has 3 N–H and O–H groups in total. The number of para-hydroxylation sites is 1. The Hall–Kier alpha value is -1.26. The van der Waals surface area contributed by atoms with Crippen molar-refractivity contribution in [2.24, 2.45) is 0 Å². The summed E-state index contributed by atoms with van der Waals surface area (Å²) < 4.78 is 5.03. The van der Waals surface area contributed by atoms with Gasteiger partial charge in [-0.1, -0.05) is 12.1 Å². The molecular formula is C13H23N3O. The monoisotopic (exact) mass is 237 g/mol. The zero-order chi connectivity index (χ0) is 12.7. The maximum absolute atomic E-state index is 5.98. The van der Waals surface area contributed by atoms with Gasteiger partial charge in [-0.2, -0.15) is 0 Å². The third kappa shape index (κ3) is 4.63. The maximum Gasteiger partial charge on any atom is 0.0589 e. The number of methoxy groups -OCH3 is 1. The fourth-order valence-electron chi connectivity index (χ4n) is 1.58. The van der Waals surface area contributed by atoms with Gasteiger partial charge in [0.15, 0.2) is 0 Å². The number of nitrogen functional groups attached to an aromatic ring is 1. The molecule has 1 aromatic carbocycles. The zero-order valence-corrected chi connectivity index (χ0v) is 11.0. The van der Waals surface area contributed by atoms with Crippen molar-refractivity contribution in [2.75, 3.05) is 51.4 Å². The lowest BCUT2D eigenvalue weighted by Crippen LogP contribution is -2.28. The van der Waals surface area contributed by atoms with Gasteiger partial charge in [0.05, 0.1) is 18.0 Å². The van der Waals surface area contributed by atoms with Gasteiger partial charge in [-0.15, -0.1) is 0 Å². The van der Waals surface area contributed by atoms with E-state index in [4.69, 9.17) is 10.5 Å². The molecule has 1 aromatic rings. The van der Waals surface area contributed by atoms with Crippen molar-refractivity contribution >= 4 is 11.4 Å². The standard InChI is InChI=1S/C13H23N3O/c1-11-5-4-6-12(13(11)14)15-7-8-16(2)9-10-17-3/h4-6,15H,7-10,14H2,1-3H3. The Morgan fingerprint density at radius 3 is 2.82 bits per heavy atom. The number of likely N-dealkylation sites (N-methyl/N-ethyl adjacent to an activating group) is 1. The number of hydrogen-bond donors (Lipinski definition) is 2. The lowest BCUT2D eigenvalue weighted by Gasteiger charge is -2.17. The van der Waals surface area contributed by atoms with Crippen LogP contribution in [-0.2, 0) is 4.74 Å². The molecule has 0 heterocycles. The third-order valence-electron chi connectivity index (χ3n) is 2.81. The first-order valence-corrected chi connectivity index (χ1v) is 5.91. The van der Waals surface area contributed by atoms with Crippen LogP contribution in [0.15, 0.2) is 18.2 Å². The number of benzene rings is 1. The van der Waals surface area contributed by atoms with Gasteiger partial charge in [0.2, 0.25) is 0 Å². The van der Waals surface area contributed by atoms with E-state index >= 15 is 0 Å². The normalized spacial score (nSPS) is 10.8. The molecule has 0 aromatic heterocycles. The van der Waals surface area contributed by atoms with E-state index in [1.165, 1.54) is 0 Å². The number of hydrogen-bond acceptors (Lipinski definition) is 4. The quantitative estimate of drug-likeness (QED) is 0.707. The molecule has 0 atom stereocenters. The van der Waals surface area contributed by atoms with Crippen molar-refractivity contribution < 1.29 is 4.74 Å². The summed E-state index contributed by atoms with van der Waals surface area (Å²) in [6.07, 6.45) is 0. The summed E-state index contributed by atoms with van der Waals surface area (Å²) >= 11 is 0. The molecule has 1 rings (SSSR count). The van der Waals surface area contributed by atoms with Gasteiger partial charge >= 0.3 is 0 Å². The molecule has 0 aliphatic carbocycles. The first-order chi connectivity index (χ1) is 8.15. The van der Waals surface area contributed by atoms with Crippen molar-refractivity contribution in [1.82, 2.24) is 4.90 Å². The van der Waals surface area contributed by atoms with Crippen molar-refractivity contribution in [3.63, 3.8) is 0 Å². The Labute approximate surface area is 104 Å². The number of nitrogens with two attached hydrogens (primary N) is 1. The highest BCUT2D eigenvalue weighted by atomic mass is 16.5. The summed E-state index contributed by atoms with van der Waals surface area (Å²) in [6, 6.07) is 6.05. The second-order valence-electron chi connectivity index (χ2n) is 4.26. The van der Waals surface area contributed by atoms with Crippen LogP contribution in [0.25, 0.3) is 0 Å². The van der Waals surface area contributed by atoms with Crippen LogP contribution in [0.1, 0.15) is 5.56 Å². The van der Waals surface area contributed by atoms with E-state index < -0.39 is 0 Å². The van der Waals surface area contributed by atoms with E-state index in [9.17, 15) is 0 Å². The van der Waals surface area contributed by atoms with Gasteiger partial charge in [-0.3, -0.25) is 0 Å². The lowest BCUT2D eigenvalue weighted by molar-refractivity contribution is 0.163. The van der Waals surface area contributed by atoms with Gasteiger partial charge in [0.25, 0.3) is 0 Å². The molecule has 0 aliphatic rings. The molecule has 4 heteroatoms. The van der Waals surface area contributed by atoms with Crippen LogP contribution in [0.4, 0.5) is 11.4 Å². The largest absolute Gasteiger partial charge is 0.397 e. The van der Waals surface area contributed by atoms with Crippen molar-refractivity contribution in [1.29, 1.82) is 0 Å². The number of nitrogens with zero attached hydrogens (tertiary/aromatic N) is 1. The second-order valence-corrected chi connectivity index (χ2v) is 4.26. The SMILES string of the molecule is COCCN(C)CCNc1cccc(C)c1N. The molecule has 0 bridgehead atoms. The average molecular weight is 237 g/mol. The first kappa shape index (κ1) is 13.8. The Morgan fingerprint density at radius 1 is 1.35 bits per heavy atom. The van der Waals surface area contributed by atoms with Crippen LogP contribution >= 0.6 is 0 Å². The number of aryl methyl sites for hydroxylation is 1. The van der Waals surface area contributed by atoms with Crippen molar-refractivity contribution in [3.05, 3.63) is 23.8 Å². The molecule has 0 saturated heterocycles. The average Bonchev–Trinajstić information content (AvgIpc) is 2.32. The predicted octanol–water partition coefficient (Wildman–Crippen LogP) is 1.57. The minimum absolute atomic E-state index is 0.767. The number of rotatable bonds is 7. The van der Waals surface area contributed by atoms with E-state index in [1.807, 2.05) is 25.1 Å². The highest BCUT2D eigenvalue weighted by molar-refractivity contribution is 5.69. The Kier molecular flexibility index (Phi) is 5.80. The summed E-state index contributed by atoms with van der Waals surface area (Å²) in [5, 5.41) is 3.35. The van der Waals surface area contributed by atoms with E-state index in [0.717, 1.165) is 43.2 Å². The molecule has 96 valence electrons. The molecule has 0 spiro atoms. The highest BCUT2D eigenvalue weighted by Gasteiger charge is 2.01. The van der Waals surface area contributed by atoms with Crippen LogP contribution in [0.3, 0.4) is 0 Å². The predicted molar refractivity (Wildman–Crippen MR) is 73.5 cm³/mol. The van der Waals surface area contributed by atoms with Crippen LogP contribution in [0.5, 0.6) is 0 Å². The van der Waals surface area contributed by atoms with Gasteiger partial charge in [0, 0.05) is 26.7 Å². The minimum Gasteiger partial charge on any atom is -0.397 e. The summed E-state index contributed by atoms with van der Waals surface area (Å²) in [6.45, 7) is 5.58. The van der Waals surface area contributed by atoms with Gasteiger partial charge < -0.3 is 20.7 Å². The molecular weight excluding hydrogens is 214 g/mol. The Balaban J connectivity index is 2.33. The number of nitrogens with one attached hydrogen (secondary N) is 1. The van der Waals surface area contributed by atoms with E-state index in [0.29, 0.717) is 0 Å². The fraction of sp³-hybridized carbons (Fsp3) is 0.538. The summed E-state index contributed by atoms with van der Waals surface area (Å²) in [4.78, 5) is 2.22. The molecule has 17 heavy (non-hydrogen) atoms. The second kappa shape index (κ2) is 7.14. The van der Waals surface area contributed by atoms with E-state index in [1.54, 1.807) is 7.11 Å². The minimum atomic E-state index is 0.767. The van der Waals surface area contributed by atoms with Crippen LogP contribution in [0, 0.1) is 6.92 Å². The number of ether oxygens (including phenoxy) is 1. The topological polar surface area (TPSA) is 50.5 Å². The molecule has 4 nitrogen and oxygen atoms in total. The Morgan fingerprint density at radius 2 is 2.12 bits per heavy atom. The first-order valence-electron chi connectivity index (χ1n) is 5.91. The van der Waals surface area contributed by atoms with Crippen LogP contribution < -0.4 is 11.1 Å². The molecule has 0 amide bonds. The highest BCUT2D eigenvalue weighted by Crippen LogP contribution is 2.21. The van der Waals surface area contributed by atoms with Crippen LogP contribution in [-0.4, -0.2) is 45.3 Å². The molecule has 0 saturated carbocycles. The zero-order valence-electron chi connectivity index (χ0n) is 11.0. The van der Waals surface area contributed by atoms with Crippen LogP contribution in [0.2, 0.25) is 0 Å². The smallest absolute Gasteiger partial charge is 0.0589 e.